The molecule has 0 aromatic heterocycles. The first-order chi connectivity index (χ1) is 50.7. The van der Waals surface area contributed by atoms with Gasteiger partial charge >= 0.3 is 39.5 Å². The fraction of sp³-hybridized carbons (Fsp3) is 0.953. The summed E-state index contributed by atoms with van der Waals surface area (Å²) in [5.41, 5.74) is 0. The molecule has 0 aromatic carbocycles. The van der Waals surface area contributed by atoms with E-state index in [0.717, 1.165) is 120 Å². The predicted octanol–water partition coefficient (Wildman–Crippen LogP) is 25.9. The van der Waals surface area contributed by atoms with E-state index in [2.05, 4.69) is 55.4 Å². The lowest BCUT2D eigenvalue weighted by molar-refractivity contribution is -0.161. The quantitative estimate of drug-likeness (QED) is 0.0222. The lowest BCUT2D eigenvalue weighted by Gasteiger charge is -2.21. The maximum atomic E-state index is 13.1. The Kier molecular flexibility index (Phi) is 73.4. The van der Waals surface area contributed by atoms with Gasteiger partial charge in [-0.2, -0.15) is 0 Å². The van der Waals surface area contributed by atoms with Crippen molar-refractivity contribution in [3.8, 4) is 0 Å². The molecule has 0 fully saturated rings. The van der Waals surface area contributed by atoms with Crippen LogP contribution in [0.25, 0.3) is 0 Å². The van der Waals surface area contributed by atoms with Gasteiger partial charge in [-0.05, 0) is 49.4 Å². The number of unbranched alkanes of at least 4 members (excludes halogenated alkanes) is 47. The molecular formula is C86H168O17P2. The summed E-state index contributed by atoms with van der Waals surface area (Å²) in [6.07, 6.45) is 63.8. The zero-order valence-corrected chi connectivity index (χ0v) is 71.2. The number of carbonyl (C=O) groups excluding carboxylic acids is 4. The van der Waals surface area contributed by atoms with Crippen LogP contribution in [0.2, 0.25) is 0 Å². The van der Waals surface area contributed by atoms with Crippen LogP contribution >= 0.6 is 15.6 Å². The van der Waals surface area contributed by atoms with Gasteiger partial charge < -0.3 is 33.8 Å². The standard InChI is InChI=1S/C86H168O17P2/c1-9-78(7)64-56-48-40-34-28-22-17-18-24-31-37-43-53-61-69-86(91)103-82(73-97-84(89)67-59-51-45-44-49-57-65-79(8)10-2)75-101-105(94,95)99-71-80(87)70-98-104(92,93)100-74-81(72-96-83(88)66-58-50-41-35-29-25-19-21-27-33-39-47-55-63-77(5)6)102-85(90)68-60-52-42-36-30-23-16-14-12-11-13-15-20-26-32-38-46-54-62-76(3)4/h76-82,87H,9-75H2,1-8H3,(H,92,93)(H,94,95)/t78?,79?,80-,81-,82-/m1/s1. The molecule has 4 unspecified atom stereocenters. The van der Waals surface area contributed by atoms with Gasteiger partial charge in [-0.25, -0.2) is 9.13 Å². The first kappa shape index (κ1) is 103. The van der Waals surface area contributed by atoms with E-state index >= 15 is 0 Å². The monoisotopic (exact) mass is 1540 g/mol. The molecule has 19 heteroatoms. The van der Waals surface area contributed by atoms with Gasteiger partial charge in [0.25, 0.3) is 0 Å². The van der Waals surface area contributed by atoms with Crippen LogP contribution in [0.4, 0.5) is 0 Å². The Bertz CT molecular complexity index is 2050. The van der Waals surface area contributed by atoms with Gasteiger partial charge in [0.2, 0.25) is 0 Å². The van der Waals surface area contributed by atoms with Crippen molar-refractivity contribution in [2.75, 3.05) is 39.6 Å². The Balaban J connectivity index is 5.23. The molecule has 17 nitrogen and oxygen atoms in total. The van der Waals surface area contributed by atoms with Crippen molar-refractivity contribution in [3.05, 3.63) is 0 Å². The lowest BCUT2D eigenvalue weighted by Crippen LogP contribution is -2.30. The molecule has 624 valence electrons. The Hall–Kier alpha value is -1.94. The summed E-state index contributed by atoms with van der Waals surface area (Å²) >= 11 is 0. The highest BCUT2D eigenvalue weighted by atomic mass is 31.2. The van der Waals surface area contributed by atoms with Crippen LogP contribution in [-0.2, 0) is 65.4 Å². The van der Waals surface area contributed by atoms with E-state index in [1.54, 1.807) is 0 Å². The predicted molar refractivity (Wildman–Crippen MR) is 432 cm³/mol. The number of phosphoric acid groups is 2. The normalized spacial score (nSPS) is 14.4. The van der Waals surface area contributed by atoms with Crippen LogP contribution in [0.3, 0.4) is 0 Å². The van der Waals surface area contributed by atoms with Gasteiger partial charge in [0, 0.05) is 25.7 Å². The Morgan fingerprint density at radius 3 is 0.676 bits per heavy atom. The highest BCUT2D eigenvalue weighted by Crippen LogP contribution is 2.45. The van der Waals surface area contributed by atoms with Crippen molar-refractivity contribution in [1.82, 2.24) is 0 Å². The number of esters is 4. The molecule has 0 heterocycles. The van der Waals surface area contributed by atoms with E-state index in [0.29, 0.717) is 25.7 Å². The number of aliphatic hydroxyl groups is 1. The fourth-order valence-electron chi connectivity index (χ4n) is 13.3. The van der Waals surface area contributed by atoms with Crippen LogP contribution in [0.5, 0.6) is 0 Å². The minimum Gasteiger partial charge on any atom is -0.462 e. The Morgan fingerprint density at radius 2 is 0.457 bits per heavy atom. The van der Waals surface area contributed by atoms with Crippen molar-refractivity contribution in [3.63, 3.8) is 0 Å². The molecular weight excluding hydrogens is 1370 g/mol. The fourth-order valence-corrected chi connectivity index (χ4v) is 14.8. The molecule has 0 aliphatic rings. The summed E-state index contributed by atoms with van der Waals surface area (Å²) in [5.74, 6) is 1.08. The minimum absolute atomic E-state index is 0.107. The summed E-state index contributed by atoms with van der Waals surface area (Å²) in [6, 6.07) is 0. The summed E-state index contributed by atoms with van der Waals surface area (Å²) in [7, 11) is -9.93. The molecule has 0 aliphatic carbocycles. The van der Waals surface area contributed by atoms with Crippen LogP contribution in [0.1, 0.15) is 447 Å². The molecule has 0 saturated heterocycles. The molecule has 7 atom stereocenters. The molecule has 0 aromatic rings. The molecule has 0 saturated carbocycles. The lowest BCUT2D eigenvalue weighted by atomic mass is 9.99. The highest BCUT2D eigenvalue weighted by Gasteiger charge is 2.31. The third-order valence-corrected chi connectivity index (χ3v) is 22.7. The number of phosphoric ester groups is 2. The molecule has 0 aliphatic heterocycles. The van der Waals surface area contributed by atoms with E-state index in [1.807, 2.05) is 0 Å². The number of rotatable bonds is 83. The zero-order chi connectivity index (χ0) is 77.4. The van der Waals surface area contributed by atoms with Crippen molar-refractivity contribution in [2.45, 2.75) is 465 Å². The van der Waals surface area contributed by atoms with E-state index < -0.39 is 97.5 Å². The van der Waals surface area contributed by atoms with Gasteiger partial charge in [-0.3, -0.25) is 37.3 Å². The highest BCUT2D eigenvalue weighted by molar-refractivity contribution is 7.47. The first-order valence-corrected chi connectivity index (χ1v) is 47.3. The minimum atomic E-state index is -4.97. The van der Waals surface area contributed by atoms with Gasteiger partial charge in [0.05, 0.1) is 26.4 Å². The Labute approximate surface area is 645 Å². The SMILES string of the molecule is CCC(C)CCCCCCCCCCCCCCCCC(=O)O[C@H](COC(=O)CCCCCCCCC(C)CC)COP(=O)(O)OC[C@H](O)COP(=O)(O)OC[C@@H](COC(=O)CCCCCCCCCCCCCCCC(C)C)OC(=O)CCCCCCCCCCCCCCCCCCCCC(C)C. The molecule has 0 rings (SSSR count). The van der Waals surface area contributed by atoms with Crippen molar-refractivity contribution in [2.24, 2.45) is 23.7 Å². The van der Waals surface area contributed by atoms with Crippen molar-refractivity contribution >= 4 is 39.5 Å². The van der Waals surface area contributed by atoms with Crippen LogP contribution in [0, 0.1) is 23.7 Å². The third kappa shape index (κ3) is 77.2. The van der Waals surface area contributed by atoms with Crippen molar-refractivity contribution < 1.29 is 80.2 Å². The van der Waals surface area contributed by atoms with Crippen LogP contribution in [-0.4, -0.2) is 96.7 Å². The van der Waals surface area contributed by atoms with Crippen LogP contribution in [0.15, 0.2) is 0 Å². The average molecular weight is 1540 g/mol. The molecule has 105 heavy (non-hydrogen) atoms. The number of hydrogen-bond acceptors (Lipinski definition) is 15. The molecule has 0 amide bonds. The number of aliphatic hydroxyl groups excluding tert-OH is 1. The number of carbonyl (C=O) groups is 4. The molecule has 0 bridgehead atoms. The second-order valence-electron chi connectivity index (χ2n) is 32.4. The summed E-state index contributed by atoms with van der Waals surface area (Å²) < 4.78 is 68.9. The zero-order valence-electron chi connectivity index (χ0n) is 69.4. The molecule has 3 N–H and O–H groups in total. The van der Waals surface area contributed by atoms with Crippen LogP contribution < -0.4 is 0 Å². The van der Waals surface area contributed by atoms with Crippen molar-refractivity contribution in [1.29, 1.82) is 0 Å². The second kappa shape index (κ2) is 74.8. The third-order valence-electron chi connectivity index (χ3n) is 20.8. The van der Waals surface area contributed by atoms with E-state index in [4.69, 9.17) is 37.0 Å². The van der Waals surface area contributed by atoms with Gasteiger partial charge in [0.15, 0.2) is 12.2 Å². The smallest absolute Gasteiger partial charge is 0.462 e. The number of ether oxygens (including phenoxy) is 4. The summed E-state index contributed by atoms with van der Waals surface area (Å²) in [5, 5.41) is 10.7. The summed E-state index contributed by atoms with van der Waals surface area (Å²) in [4.78, 5) is 73.2. The topological polar surface area (TPSA) is 237 Å². The van der Waals surface area contributed by atoms with E-state index in [-0.39, 0.29) is 25.7 Å². The largest absolute Gasteiger partial charge is 0.472 e. The summed E-state index contributed by atoms with van der Waals surface area (Å²) in [6.45, 7) is 14.4. The van der Waals surface area contributed by atoms with Gasteiger partial charge in [0.1, 0.15) is 19.3 Å². The maximum absolute atomic E-state index is 13.1. The van der Waals surface area contributed by atoms with Gasteiger partial charge in [-0.15, -0.1) is 0 Å². The molecule has 0 spiro atoms. The average Bonchev–Trinajstić information content (AvgIpc) is 0.982. The van der Waals surface area contributed by atoms with Gasteiger partial charge in [-0.1, -0.05) is 396 Å². The molecule has 0 radical (unpaired) electrons. The van der Waals surface area contributed by atoms with E-state index in [9.17, 15) is 43.2 Å². The maximum Gasteiger partial charge on any atom is 0.472 e. The second-order valence-corrected chi connectivity index (χ2v) is 35.3. The first-order valence-electron chi connectivity index (χ1n) is 44.3. The number of hydrogen-bond donors (Lipinski definition) is 3. The van der Waals surface area contributed by atoms with E-state index in [1.165, 1.54) is 244 Å². The Morgan fingerprint density at radius 1 is 0.267 bits per heavy atom.